The van der Waals surface area contributed by atoms with E-state index >= 15 is 0 Å². The highest BCUT2D eigenvalue weighted by atomic mass is 127. The fraction of sp³-hybridized carbons (Fsp3) is 0.364. The lowest BCUT2D eigenvalue weighted by atomic mass is 10.2. The molecule has 3 aromatic rings. The van der Waals surface area contributed by atoms with Crippen LogP contribution in [0.1, 0.15) is 20.8 Å². The van der Waals surface area contributed by atoms with Crippen molar-refractivity contribution in [1.29, 1.82) is 0 Å². The maximum absolute atomic E-state index is 11.6. The molecule has 7 heteroatoms. The Hall–Kier alpha value is -2.29. The van der Waals surface area contributed by atoms with Gasteiger partial charge in [0.05, 0.1) is 17.6 Å². The molecule has 0 bridgehead atoms. The first kappa shape index (κ1) is 21.4. The highest BCUT2D eigenvalue weighted by Gasteiger charge is 2.17. The van der Waals surface area contributed by atoms with Gasteiger partial charge in [-0.2, -0.15) is 0 Å². The molecule has 154 valence electrons. The molecule has 0 unspecified atom stereocenters. The third kappa shape index (κ3) is 5.41. The van der Waals surface area contributed by atoms with Gasteiger partial charge in [-0.05, 0) is 85.8 Å². The lowest BCUT2D eigenvalue weighted by Crippen LogP contribution is -2.28. The number of hydrogen-bond acceptors (Lipinski definition) is 5. The summed E-state index contributed by atoms with van der Waals surface area (Å²) in [6.07, 6.45) is -0.641. The minimum absolute atomic E-state index is 0.260. The van der Waals surface area contributed by atoms with Gasteiger partial charge in [0, 0.05) is 28.9 Å². The molecule has 0 atom stereocenters. The van der Waals surface area contributed by atoms with Crippen molar-refractivity contribution in [3.05, 3.63) is 46.0 Å². The minimum Gasteiger partial charge on any atom is -0.432 e. The molecule has 0 amide bonds. The number of fused-ring (bicyclic) bond motifs is 1. The van der Waals surface area contributed by atoms with Gasteiger partial charge < -0.3 is 18.9 Å². The van der Waals surface area contributed by atoms with Crippen molar-refractivity contribution in [3.63, 3.8) is 0 Å². The smallest absolute Gasteiger partial charge is 0.432 e. The molecule has 0 aliphatic rings. The van der Waals surface area contributed by atoms with Gasteiger partial charge in [0.2, 0.25) is 0 Å². The van der Waals surface area contributed by atoms with Gasteiger partial charge in [-0.15, -0.1) is 0 Å². The van der Waals surface area contributed by atoms with E-state index in [9.17, 15) is 4.79 Å². The topological polar surface area (TPSA) is 56.6 Å². The van der Waals surface area contributed by atoms with Crippen molar-refractivity contribution in [2.45, 2.75) is 26.4 Å². The number of nitrogens with zero attached hydrogens (tertiary/aromatic N) is 3. The van der Waals surface area contributed by atoms with Crippen LogP contribution in [0.25, 0.3) is 22.4 Å². The number of rotatable bonds is 5. The zero-order valence-corrected chi connectivity index (χ0v) is 19.6. The Balaban J connectivity index is 1.64. The van der Waals surface area contributed by atoms with Crippen molar-refractivity contribution >= 4 is 45.5 Å². The summed E-state index contributed by atoms with van der Waals surface area (Å²) in [5, 5.41) is 0. The molecule has 0 aliphatic heterocycles. The highest BCUT2D eigenvalue weighted by molar-refractivity contribution is 14.1. The van der Waals surface area contributed by atoms with Gasteiger partial charge >= 0.3 is 6.16 Å². The van der Waals surface area contributed by atoms with Gasteiger partial charge in [-0.25, -0.2) is 9.78 Å². The Bertz CT molecular complexity index is 1010. The third-order valence-electron chi connectivity index (χ3n) is 4.45. The predicted molar refractivity (Wildman–Crippen MR) is 124 cm³/mol. The zero-order chi connectivity index (χ0) is 21.2. The SMILES string of the molecule is CN(CCOC(=O)OC(C)(C)C)c1ccc(-c2nc3ccc(I)cc3n2C)cc1. The Kier molecular flexibility index (Phi) is 6.36. The second kappa shape index (κ2) is 8.61. The molecule has 2 aromatic carbocycles. The van der Waals surface area contributed by atoms with Gasteiger partial charge in [-0.1, -0.05) is 0 Å². The van der Waals surface area contributed by atoms with Crippen LogP contribution in [0.5, 0.6) is 0 Å². The maximum Gasteiger partial charge on any atom is 0.508 e. The number of imidazole rings is 1. The second-order valence-electron chi connectivity index (χ2n) is 7.91. The van der Waals surface area contributed by atoms with Crippen LogP contribution in [-0.4, -0.2) is 41.5 Å². The van der Waals surface area contributed by atoms with Gasteiger partial charge in [0.25, 0.3) is 0 Å². The molecule has 0 spiro atoms. The van der Waals surface area contributed by atoms with Crippen LogP contribution in [0, 0.1) is 3.57 Å². The van der Waals surface area contributed by atoms with E-state index in [2.05, 4.69) is 51.4 Å². The highest BCUT2D eigenvalue weighted by Crippen LogP contribution is 2.26. The molecule has 29 heavy (non-hydrogen) atoms. The summed E-state index contributed by atoms with van der Waals surface area (Å²) in [6, 6.07) is 14.5. The summed E-state index contributed by atoms with van der Waals surface area (Å²) in [4.78, 5) is 18.4. The largest absolute Gasteiger partial charge is 0.508 e. The molecule has 1 aromatic heterocycles. The molecular weight excluding hydrogens is 481 g/mol. The third-order valence-corrected chi connectivity index (χ3v) is 5.12. The number of anilines is 1. The van der Waals surface area contributed by atoms with E-state index in [1.54, 1.807) is 0 Å². The zero-order valence-electron chi connectivity index (χ0n) is 17.4. The predicted octanol–water partition coefficient (Wildman–Crippen LogP) is 5.23. The average Bonchev–Trinajstić information content (AvgIpc) is 2.96. The van der Waals surface area contributed by atoms with E-state index in [1.165, 1.54) is 3.57 Å². The number of likely N-dealkylation sites (N-methyl/N-ethyl adjacent to an activating group) is 1. The molecule has 0 fully saturated rings. The van der Waals surface area contributed by atoms with Crippen LogP contribution in [-0.2, 0) is 16.5 Å². The normalized spacial score (nSPS) is 11.5. The van der Waals surface area contributed by atoms with E-state index in [1.807, 2.05) is 58.0 Å². The number of ether oxygens (including phenoxy) is 2. The molecule has 0 N–H and O–H groups in total. The number of benzene rings is 2. The van der Waals surface area contributed by atoms with Crippen LogP contribution in [0.4, 0.5) is 10.5 Å². The number of halogens is 1. The minimum atomic E-state index is -0.641. The van der Waals surface area contributed by atoms with Gasteiger partial charge in [0.1, 0.15) is 18.0 Å². The molecule has 0 saturated heterocycles. The van der Waals surface area contributed by atoms with Gasteiger partial charge in [-0.3, -0.25) is 0 Å². The van der Waals surface area contributed by atoms with Crippen molar-refractivity contribution in [2.75, 3.05) is 25.1 Å². The summed E-state index contributed by atoms with van der Waals surface area (Å²) in [5.74, 6) is 0.935. The lowest BCUT2D eigenvalue weighted by Gasteiger charge is -2.21. The Morgan fingerprint density at radius 1 is 1.17 bits per heavy atom. The number of hydrogen-bond donors (Lipinski definition) is 0. The number of aryl methyl sites for hydroxylation is 1. The molecule has 0 aliphatic carbocycles. The fourth-order valence-corrected chi connectivity index (χ4v) is 3.44. The van der Waals surface area contributed by atoms with Crippen LogP contribution in [0.3, 0.4) is 0 Å². The second-order valence-corrected chi connectivity index (χ2v) is 9.15. The number of carbonyl (C=O) groups is 1. The van der Waals surface area contributed by atoms with Crippen LogP contribution in [0.15, 0.2) is 42.5 Å². The molecule has 0 radical (unpaired) electrons. The van der Waals surface area contributed by atoms with E-state index in [0.717, 1.165) is 28.1 Å². The van der Waals surface area contributed by atoms with E-state index < -0.39 is 11.8 Å². The van der Waals surface area contributed by atoms with Gasteiger partial charge in [0.15, 0.2) is 0 Å². The first-order chi connectivity index (χ1) is 13.6. The summed E-state index contributed by atoms with van der Waals surface area (Å²) < 4.78 is 13.6. The Morgan fingerprint density at radius 2 is 1.86 bits per heavy atom. The molecule has 0 saturated carbocycles. The van der Waals surface area contributed by atoms with Crippen molar-refractivity contribution in [2.24, 2.45) is 7.05 Å². The molecule has 6 nitrogen and oxygen atoms in total. The standard InChI is InChI=1S/C22H26IN3O3/c1-22(2,3)29-21(27)28-13-12-25(4)17-9-6-15(7-10-17)20-24-18-11-8-16(23)14-19(18)26(20)5/h6-11,14H,12-13H2,1-5H3. The summed E-state index contributed by atoms with van der Waals surface area (Å²) in [5.41, 5.74) is 3.65. The van der Waals surface area contributed by atoms with Crippen LogP contribution >= 0.6 is 22.6 Å². The quantitative estimate of drug-likeness (QED) is 0.350. The lowest BCUT2D eigenvalue weighted by molar-refractivity contribution is -0.00588. The summed E-state index contributed by atoms with van der Waals surface area (Å²) in [6.45, 7) is 6.27. The number of carbonyl (C=O) groups excluding carboxylic acids is 1. The van der Waals surface area contributed by atoms with E-state index in [0.29, 0.717) is 6.54 Å². The monoisotopic (exact) mass is 507 g/mol. The van der Waals surface area contributed by atoms with E-state index in [-0.39, 0.29) is 6.61 Å². The molecular formula is C22H26IN3O3. The molecule has 1 heterocycles. The first-order valence-electron chi connectivity index (χ1n) is 9.43. The Labute approximate surface area is 185 Å². The Morgan fingerprint density at radius 3 is 2.52 bits per heavy atom. The summed E-state index contributed by atoms with van der Waals surface area (Å²) in [7, 11) is 4.00. The van der Waals surface area contributed by atoms with Crippen molar-refractivity contribution in [3.8, 4) is 11.4 Å². The molecule has 3 rings (SSSR count). The van der Waals surface area contributed by atoms with Crippen molar-refractivity contribution in [1.82, 2.24) is 9.55 Å². The maximum atomic E-state index is 11.6. The van der Waals surface area contributed by atoms with Crippen LogP contribution < -0.4 is 4.90 Å². The average molecular weight is 507 g/mol. The fourth-order valence-electron chi connectivity index (χ4n) is 2.96. The van der Waals surface area contributed by atoms with Crippen molar-refractivity contribution < 1.29 is 14.3 Å². The van der Waals surface area contributed by atoms with Crippen LogP contribution in [0.2, 0.25) is 0 Å². The number of aromatic nitrogens is 2. The van der Waals surface area contributed by atoms with E-state index in [4.69, 9.17) is 14.5 Å². The summed E-state index contributed by atoms with van der Waals surface area (Å²) >= 11 is 2.32. The first-order valence-corrected chi connectivity index (χ1v) is 10.5.